The minimum absolute atomic E-state index is 0.0201. The average molecular weight is 300 g/mol. The van der Waals surface area contributed by atoms with Crippen molar-refractivity contribution in [2.24, 2.45) is 5.92 Å². The molecule has 0 aromatic heterocycles. The molecule has 1 aromatic carbocycles. The molecular formula is C18H24N2O2. The van der Waals surface area contributed by atoms with Gasteiger partial charge in [-0.1, -0.05) is 44.2 Å². The number of rotatable bonds is 5. The first kappa shape index (κ1) is 16.3. The lowest BCUT2D eigenvalue weighted by molar-refractivity contribution is -0.129. The number of nitrogens with zero attached hydrogens (tertiary/aromatic N) is 1. The second-order valence-corrected chi connectivity index (χ2v) is 6.10. The quantitative estimate of drug-likeness (QED) is 0.850. The molecule has 4 heteroatoms. The van der Waals surface area contributed by atoms with E-state index in [1.54, 1.807) is 11.0 Å². The summed E-state index contributed by atoms with van der Waals surface area (Å²) in [6.07, 6.45) is 5.49. The Morgan fingerprint density at radius 1 is 1.32 bits per heavy atom. The molecule has 1 atom stereocenters. The van der Waals surface area contributed by atoms with Crippen LogP contribution < -0.4 is 5.32 Å². The molecular weight excluding hydrogens is 276 g/mol. The van der Waals surface area contributed by atoms with Crippen molar-refractivity contribution in [1.29, 1.82) is 0 Å². The highest BCUT2D eigenvalue weighted by Crippen LogP contribution is 2.16. The summed E-state index contributed by atoms with van der Waals surface area (Å²) in [6, 6.07) is 9.73. The summed E-state index contributed by atoms with van der Waals surface area (Å²) >= 11 is 0. The number of benzene rings is 1. The molecule has 0 unspecified atom stereocenters. The second kappa shape index (κ2) is 7.78. The number of carbonyl (C=O) groups is 2. The lowest BCUT2D eigenvalue weighted by Crippen LogP contribution is -2.46. The Bertz CT molecular complexity index is 537. The van der Waals surface area contributed by atoms with Crippen LogP contribution in [0.3, 0.4) is 0 Å². The lowest BCUT2D eigenvalue weighted by atomic mass is 10.1. The van der Waals surface area contributed by atoms with Gasteiger partial charge in [0, 0.05) is 19.0 Å². The molecule has 1 fully saturated rings. The summed E-state index contributed by atoms with van der Waals surface area (Å²) in [5.74, 6) is 0.298. The molecule has 22 heavy (non-hydrogen) atoms. The first-order valence-electron chi connectivity index (χ1n) is 7.89. The van der Waals surface area contributed by atoms with Crippen molar-refractivity contribution in [1.82, 2.24) is 10.2 Å². The van der Waals surface area contributed by atoms with Gasteiger partial charge in [-0.2, -0.15) is 0 Å². The molecule has 0 bridgehead atoms. The van der Waals surface area contributed by atoms with Crippen LogP contribution in [-0.2, 0) is 9.59 Å². The van der Waals surface area contributed by atoms with E-state index in [0.29, 0.717) is 18.9 Å². The first-order valence-corrected chi connectivity index (χ1v) is 7.89. The van der Waals surface area contributed by atoms with Crippen LogP contribution in [0.25, 0.3) is 6.08 Å². The first-order chi connectivity index (χ1) is 10.6. The van der Waals surface area contributed by atoms with E-state index >= 15 is 0 Å². The molecule has 0 radical (unpaired) electrons. The Hall–Kier alpha value is -2.10. The van der Waals surface area contributed by atoms with E-state index in [9.17, 15) is 9.59 Å². The maximum Gasteiger partial charge on any atom is 0.248 e. The molecule has 1 aromatic rings. The van der Waals surface area contributed by atoms with Crippen LogP contribution in [0.4, 0.5) is 0 Å². The fourth-order valence-electron chi connectivity index (χ4n) is 2.62. The van der Waals surface area contributed by atoms with E-state index < -0.39 is 0 Å². The van der Waals surface area contributed by atoms with E-state index in [1.807, 2.05) is 50.3 Å². The monoisotopic (exact) mass is 300 g/mol. The minimum Gasteiger partial charge on any atom is -0.336 e. The van der Waals surface area contributed by atoms with Gasteiger partial charge in [-0.05, 0) is 30.4 Å². The minimum atomic E-state index is -0.167. The van der Waals surface area contributed by atoms with Gasteiger partial charge < -0.3 is 10.2 Å². The maximum absolute atomic E-state index is 12.3. The average Bonchev–Trinajstić information content (AvgIpc) is 2.93. The van der Waals surface area contributed by atoms with Gasteiger partial charge in [-0.15, -0.1) is 0 Å². The molecule has 0 saturated carbocycles. The van der Waals surface area contributed by atoms with E-state index in [4.69, 9.17) is 0 Å². The molecule has 0 spiro atoms. The Kier molecular flexibility index (Phi) is 5.75. The maximum atomic E-state index is 12.3. The van der Waals surface area contributed by atoms with E-state index in [-0.39, 0.29) is 18.0 Å². The Morgan fingerprint density at radius 3 is 2.73 bits per heavy atom. The number of nitrogens with one attached hydrogen (secondary N) is 1. The highest BCUT2D eigenvalue weighted by molar-refractivity contribution is 5.92. The number of likely N-dealkylation sites (tertiary alicyclic amines) is 1. The zero-order valence-corrected chi connectivity index (χ0v) is 13.3. The zero-order chi connectivity index (χ0) is 15.9. The summed E-state index contributed by atoms with van der Waals surface area (Å²) in [6.45, 7) is 4.73. The highest BCUT2D eigenvalue weighted by atomic mass is 16.2. The molecule has 118 valence electrons. The van der Waals surface area contributed by atoms with Crippen LogP contribution >= 0.6 is 0 Å². The van der Waals surface area contributed by atoms with Crippen molar-refractivity contribution in [3.63, 3.8) is 0 Å². The molecule has 1 N–H and O–H groups in total. The van der Waals surface area contributed by atoms with Gasteiger partial charge in [0.2, 0.25) is 11.8 Å². The normalized spacial score (nSPS) is 18.1. The van der Waals surface area contributed by atoms with Crippen LogP contribution in [0, 0.1) is 5.92 Å². The molecule has 1 aliphatic heterocycles. The topological polar surface area (TPSA) is 49.4 Å². The second-order valence-electron chi connectivity index (χ2n) is 6.10. The SMILES string of the molecule is CC(C)CC(=O)N[C@H]1CCCN1C(=O)C=Cc1ccccc1. The lowest BCUT2D eigenvalue weighted by Gasteiger charge is -2.24. The summed E-state index contributed by atoms with van der Waals surface area (Å²) in [5, 5.41) is 2.97. The number of hydrogen-bond acceptors (Lipinski definition) is 2. The zero-order valence-electron chi connectivity index (χ0n) is 13.3. The third-order valence-corrected chi connectivity index (χ3v) is 3.68. The molecule has 1 aliphatic rings. The van der Waals surface area contributed by atoms with Gasteiger partial charge in [0.15, 0.2) is 0 Å². The van der Waals surface area contributed by atoms with Crippen molar-refractivity contribution in [2.45, 2.75) is 39.3 Å². The number of carbonyl (C=O) groups excluding carboxylic acids is 2. The Morgan fingerprint density at radius 2 is 2.05 bits per heavy atom. The van der Waals surface area contributed by atoms with Crippen LogP contribution in [0.5, 0.6) is 0 Å². The molecule has 2 rings (SSSR count). The van der Waals surface area contributed by atoms with E-state index in [0.717, 1.165) is 18.4 Å². The largest absolute Gasteiger partial charge is 0.336 e. The molecule has 0 aliphatic carbocycles. The molecule has 2 amide bonds. The summed E-state index contributed by atoms with van der Waals surface area (Å²) in [7, 11) is 0. The third-order valence-electron chi connectivity index (χ3n) is 3.68. The van der Waals surface area contributed by atoms with Crippen LogP contribution in [0.1, 0.15) is 38.7 Å². The molecule has 1 heterocycles. The number of amides is 2. The predicted molar refractivity (Wildman–Crippen MR) is 87.8 cm³/mol. The summed E-state index contributed by atoms with van der Waals surface area (Å²) < 4.78 is 0. The summed E-state index contributed by atoms with van der Waals surface area (Å²) in [4.78, 5) is 26.0. The van der Waals surface area contributed by atoms with E-state index in [1.165, 1.54) is 0 Å². The van der Waals surface area contributed by atoms with Gasteiger partial charge in [0.1, 0.15) is 6.17 Å². The van der Waals surface area contributed by atoms with Crippen molar-refractivity contribution >= 4 is 17.9 Å². The fraction of sp³-hybridized carbons (Fsp3) is 0.444. The molecule has 1 saturated heterocycles. The Balaban J connectivity index is 1.93. The highest BCUT2D eigenvalue weighted by Gasteiger charge is 2.28. The molecule has 4 nitrogen and oxygen atoms in total. The van der Waals surface area contributed by atoms with Crippen molar-refractivity contribution in [2.75, 3.05) is 6.54 Å². The third kappa shape index (κ3) is 4.72. The van der Waals surface area contributed by atoms with Crippen molar-refractivity contribution in [3.05, 3.63) is 42.0 Å². The van der Waals surface area contributed by atoms with Crippen molar-refractivity contribution in [3.8, 4) is 0 Å². The smallest absolute Gasteiger partial charge is 0.248 e. The van der Waals surface area contributed by atoms with Gasteiger partial charge in [0.05, 0.1) is 0 Å². The van der Waals surface area contributed by atoms with Gasteiger partial charge >= 0.3 is 0 Å². The number of hydrogen-bond donors (Lipinski definition) is 1. The van der Waals surface area contributed by atoms with Crippen LogP contribution in [0.15, 0.2) is 36.4 Å². The summed E-state index contributed by atoms with van der Waals surface area (Å²) in [5.41, 5.74) is 0.996. The van der Waals surface area contributed by atoms with Gasteiger partial charge in [0.25, 0.3) is 0 Å². The van der Waals surface area contributed by atoms with Gasteiger partial charge in [-0.25, -0.2) is 0 Å². The fourth-order valence-corrected chi connectivity index (χ4v) is 2.62. The Labute approximate surface area is 132 Å². The van der Waals surface area contributed by atoms with Crippen LogP contribution in [0.2, 0.25) is 0 Å². The van der Waals surface area contributed by atoms with Gasteiger partial charge in [-0.3, -0.25) is 9.59 Å². The van der Waals surface area contributed by atoms with E-state index in [2.05, 4.69) is 5.32 Å². The predicted octanol–water partition coefficient (Wildman–Crippen LogP) is 2.81. The standard InChI is InChI=1S/C18H24N2O2/c1-14(2)13-17(21)19-16-9-6-12-20(16)18(22)11-10-15-7-4-3-5-8-15/h3-5,7-8,10-11,14,16H,6,9,12-13H2,1-2H3,(H,19,21)/t16-/m1/s1. The van der Waals surface area contributed by atoms with Crippen LogP contribution in [-0.4, -0.2) is 29.4 Å². The van der Waals surface area contributed by atoms with Crippen molar-refractivity contribution < 1.29 is 9.59 Å².